The lowest BCUT2D eigenvalue weighted by Crippen LogP contribution is -2.65. The lowest BCUT2D eigenvalue weighted by molar-refractivity contribution is -0.384. The molecule has 736 valence electrons. The molecule has 0 amide bonds. The molecule has 2 saturated heterocycles. The molecule has 2 rings (SSSR count). The number of unbranched alkanes of at least 4 members (excludes halogenated alkanes) is 72. The van der Waals surface area contributed by atoms with Gasteiger partial charge in [0.15, 0.2) is 24.4 Å². The summed E-state index contributed by atoms with van der Waals surface area (Å²) in [5.41, 5.74) is 0. The molecule has 0 spiro atoms. The fourth-order valence-corrected chi connectivity index (χ4v) is 18.2. The van der Waals surface area contributed by atoms with Crippen molar-refractivity contribution in [2.45, 2.75) is 636 Å². The molecule has 0 aliphatic carbocycles. The zero-order valence-corrected chi connectivity index (χ0v) is 82.7. The van der Waals surface area contributed by atoms with Crippen molar-refractivity contribution >= 4 is 35.8 Å². The minimum atomic E-state index is -2.49. The third-order valence-electron chi connectivity index (χ3n) is 26.4. The first-order chi connectivity index (χ1) is 61.3. The van der Waals surface area contributed by atoms with Gasteiger partial charge in [-0.1, -0.05) is 504 Å². The molecule has 17 nitrogen and oxygen atoms in total. The van der Waals surface area contributed by atoms with E-state index in [0.29, 0.717) is 38.5 Å². The molecule has 9 atom stereocenters. The van der Waals surface area contributed by atoms with Gasteiger partial charge in [0.1, 0.15) is 31.5 Å². The third kappa shape index (κ3) is 66.6. The van der Waals surface area contributed by atoms with Gasteiger partial charge in [0.25, 0.3) is 0 Å². The van der Waals surface area contributed by atoms with Crippen LogP contribution >= 0.6 is 0 Å². The monoisotopic (exact) mass is 1770 g/mol. The van der Waals surface area contributed by atoms with Gasteiger partial charge in [0.05, 0.1) is 6.61 Å². The van der Waals surface area contributed by atoms with Gasteiger partial charge < -0.3 is 52.8 Å². The van der Waals surface area contributed by atoms with Crippen LogP contribution < -0.4 is 0 Å². The number of aliphatic hydroxyl groups excluding tert-OH is 2. The average Bonchev–Trinajstić information content (AvgIpc) is 1.62. The predicted octanol–water partition coefficient (Wildman–Crippen LogP) is 30.8. The quantitative estimate of drug-likeness (QED) is 0.0328. The van der Waals surface area contributed by atoms with E-state index in [1.54, 1.807) is 0 Å². The van der Waals surface area contributed by atoms with Crippen molar-refractivity contribution in [2.24, 2.45) is 0 Å². The molecule has 2 aliphatic heterocycles. The highest BCUT2D eigenvalue weighted by Gasteiger charge is 2.65. The van der Waals surface area contributed by atoms with Crippen molar-refractivity contribution < 1.29 is 81.6 Å². The average molecular weight is 1770 g/mol. The molecule has 0 aromatic heterocycles. The first-order valence-corrected chi connectivity index (χ1v) is 54.7. The summed E-state index contributed by atoms with van der Waals surface area (Å²) in [6, 6.07) is 0. The fourth-order valence-electron chi connectivity index (χ4n) is 18.2. The maximum absolute atomic E-state index is 15.0. The summed E-state index contributed by atoms with van der Waals surface area (Å²) in [4.78, 5) is 87.5. The third-order valence-corrected chi connectivity index (χ3v) is 26.4. The van der Waals surface area contributed by atoms with Crippen LogP contribution in [0.15, 0.2) is 0 Å². The lowest BCUT2D eigenvalue weighted by Gasteiger charge is -2.45. The van der Waals surface area contributed by atoms with E-state index in [0.717, 1.165) is 154 Å². The molecule has 125 heavy (non-hydrogen) atoms. The molecule has 0 bridgehead atoms. The molecule has 0 aromatic rings. The van der Waals surface area contributed by atoms with Crippen LogP contribution in [-0.4, -0.2) is 121 Å². The largest absolute Gasteiger partial charge is 0.463 e. The van der Waals surface area contributed by atoms with Gasteiger partial charge >= 0.3 is 35.8 Å². The SMILES string of the molecule is CCCCCCCCCCCCCCCC(=O)OC[C@H]1O[C@@](COC(=O)CCCCCCCCCCCCCCC)(O[C@H]2O[C@H](CO)[C@@H](O)[C@H](OC(=O)CCCCCCCCCCCCCCC)[C@H]2OC(=O)CCCCCCCCCCCCCCC)[C@@H](OC(=O)CCCCCCCCCCCCCCC)[C@@H]1OC(=O)CCCCCCCCCCCCCCC. The first kappa shape index (κ1) is 118. The number of carbonyl (C=O) groups excluding carboxylic acids is 6. The van der Waals surface area contributed by atoms with E-state index in [1.165, 1.54) is 308 Å². The van der Waals surface area contributed by atoms with Crippen molar-refractivity contribution in [3.05, 3.63) is 0 Å². The van der Waals surface area contributed by atoms with Gasteiger partial charge in [0, 0.05) is 38.5 Å². The van der Waals surface area contributed by atoms with Crippen molar-refractivity contribution in [3.8, 4) is 0 Å². The van der Waals surface area contributed by atoms with Crippen LogP contribution in [0.1, 0.15) is 581 Å². The number of aliphatic hydroxyl groups is 2. The molecular formula is C108H202O17. The van der Waals surface area contributed by atoms with E-state index >= 15 is 4.79 Å². The minimum absolute atomic E-state index is 0.00241. The second-order valence-corrected chi connectivity index (χ2v) is 38.4. The van der Waals surface area contributed by atoms with Crippen LogP contribution in [0.25, 0.3) is 0 Å². The Labute approximate surface area is 768 Å². The van der Waals surface area contributed by atoms with Crippen LogP contribution in [-0.2, 0) is 71.4 Å². The molecule has 2 fully saturated rings. The summed E-state index contributed by atoms with van der Waals surface area (Å²) in [6.07, 6.45) is 74.1. The number of hydrogen-bond donors (Lipinski definition) is 2. The van der Waals surface area contributed by atoms with Crippen molar-refractivity contribution in [2.75, 3.05) is 19.8 Å². The standard InChI is InChI=1S/C108H202O17/c1-7-13-19-25-31-37-43-49-55-61-67-73-79-85-96(110)117-92-95-103(120-98(112)87-81-75-69-63-57-51-45-39-33-27-21-15-9-3)106(123-101(115)90-84-78-72-66-60-54-48-42-36-30-24-18-12-6)108(124-95,93-118-97(111)86-80-74-68-62-56-50-44-38-32-26-20-14-8-2)125-107-105(122-100(114)89-83-77-71-65-59-53-47-41-35-29-23-17-11-5)104(102(116)94(91-109)119-107)121-99(113)88-82-76-70-64-58-52-46-40-34-28-22-16-10-4/h94-95,102-107,109,116H,7-93H2,1-6H3/t94-,95-,102-,103-,104+,105-,106+,107-,108+/m1/s1. The fraction of sp³-hybridized carbons (Fsp3) is 0.944. The maximum atomic E-state index is 15.0. The van der Waals surface area contributed by atoms with Gasteiger partial charge in [-0.15, -0.1) is 0 Å². The Kier molecular flexibility index (Phi) is 82.2. The summed E-state index contributed by atoms with van der Waals surface area (Å²) in [5, 5.41) is 23.6. The Morgan fingerprint density at radius 1 is 0.248 bits per heavy atom. The summed E-state index contributed by atoms with van der Waals surface area (Å²) < 4.78 is 59.4. The van der Waals surface area contributed by atoms with E-state index in [-0.39, 0.29) is 38.5 Å². The van der Waals surface area contributed by atoms with Crippen LogP contribution in [0.2, 0.25) is 0 Å². The summed E-state index contributed by atoms with van der Waals surface area (Å²) in [5.74, 6) is -6.19. The predicted molar refractivity (Wildman–Crippen MR) is 514 cm³/mol. The van der Waals surface area contributed by atoms with E-state index in [2.05, 4.69) is 41.5 Å². The number of esters is 6. The van der Waals surface area contributed by atoms with Crippen molar-refractivity contribution in [1.82, 2.24) is 0 Å². The topological polar surface area (TPSA) is 226 Å². The van der Waals surface area contributed by atoms with E-state index in [9.17, 15) is 34.2 Å². The highest BCUT2D eigenvalue weighted by molar-refractivity contribution is 5.72. The second kappa shape index (κ2) is 87.3. The zero-order valence-electron chi connectivity index (χ0n) is 82.7. The van der Waals surface area contributed by atoms with E-state index in [1.807, 2.05) is 0 Å². The lowest BCUT2D eigenvalue weighted by atomic mass is 9.97. The Bertz CT molecular complexity index is 2430. The van der Waals surface area contributed by atoms with Crippen molar-refractivity contribution in [1.29, 1.82) is 0 Å². The Balaban J connectivity index is 2.78. The van der Waals surface area contributed by atoms with E-state index < -0.39 is 110 Å². The van der Waals surface area contributed by atoms with Gasteiger partial charge in [-0.3, -0.25) is 28.8 Å². The van der Waals surface area contributed by atoms with Crippen molar-refractivity contribution in [3.63, 3.8) is 0 Å². The number of carbonyl (C=O) groups is 6. The Morgan fingerprint density at radius 3 is 0.704 bits per heavy atom. The zero-order chi connectivity index (χ0) is 90.5. The van der Waals surface area contributed by atoms with Gasteiger partial charge in [-0.25, -0.2) is 0 Å². The van der Waals surface area contributed by atoms with Crippen LogP contribution in [0.5, 0.6) is 0 Å². The highest BCUT2D eigenvalue weighted by Crippen LogP contribution is 2.42. The summed E-state index contributed by atoms with van der Waals surface area (Å²) in [6.45, 7) is 11.4. The molecule has 2 heterocycles. The molecular weight excluding hydrogens is 1570 g/mol. The second-order valence-electron chi connectivity index (χ2n) is 38.4. The number of rotatable bonds is 95. The first-order valence-electron chi connectivity index (χ1n) is 54.7. The van der Waals surface area contributed by atoms with Gasteiger partial charge in [-0.2, -0.15) is 0 Å². The Morgan fingerprint density at radius 2 is 0.456 bits per heavy atom. The van der Waals surface area contributed by atoms with Crippen LogP contribution in [0, 0.1) is 0 Å². The minimum Gasteiger partial charge on any atom is -0.463 e. The smallest absolute Gasteiger partial charge is 0.306 e. The van der Waals surface area contributed by atoms with E-state index in [4.69, 9.17) is 42.6 Å². The Hall–Kier alpha value is -3.38. The number of hydrogen-bond acceptors (Lipinski definition) is 17. The highest BCUT2D eigenvalue weighted by atomic mass is 16.8. The number of ether oxygens (including phenoxy) is 9. The maximum Gasteiger partial charge on any atom is 0.306 e. The van der Waals surface area contributed by atoms with Gasteiger partial charge in [-0.05, 0) is 38.5 Å². The summed E-state index contributed by atoms with van der Waals surface area (Å²) in [7, 11) is 0. The summed E-state index contributed by atoms with van der Waals surface area (Å²) >= 11 is 0. The van der Waals surface area contributed by atoms with Gasteiger partial charge in [0.2, 0.25) is 12.1 Å². The molecule has 2 N–H and O–H groups in total. The molecule has 0 saturated carbocycles. The molecule has 0 radical (unpaired) electrons. The normalized spacial score (nSPS) is 18.8. The molecule has 0 aromatic carbocycles. The molecule has 17 heteroatoms. The van der Waals surface area contributed by atoms with Crippen LogP contribution in [0.4, 0.5) is 0 Å². The van der Waals surface area contributed by atoms with Crippen LogP contribution in [0.3, 0.4) is 0 Å². The molecule has 2 aliphatic rings. The molecule has 0 unspecified atom stereocenters.